The molecule has 158 valence electrons. The van der Waals surface area contributed by atoms with Crippen molar-refractivity contribution in [3.05, 3.63) is 75.7 Å². The number of nitrogens with zero attached hydrogens (tertiary/aromatic N) is 1. The second kappa shape index (κ2) is 9.04. The van der Waals surface area contributed by atoms with Gasteiger partial charge in [-0.3, -0.25) is 14.5 Å². The van der Waals surface area contributed by atoms with Crippen molar-refractivity contribution in [2.24, 2.45) is 0 Å². The van der Waals surface area contributed by atoms with E-state index in [1.165, 1.54) is 17.4 Å². The smallest absolute Gasteiger partial charge is 0.293 e. The highest BCUT2D eigenvalue weighted by atomic mass is 35.5. The number of likely N-dealkylation sites (N-methyl/N-ethyl adjacent to an activating group) is 1. The molecule has 1 aliphatic rings. The van der Waals surface area contributed by atoms with Gasteiger partial charge in [0.05, 0.1) is 17.0 Å². The number of rotatable bonds is 6. The zero-order chi connectivity index (χ0) is 22.0. The zero-order valence-corrected chi connectivity index (χ0v) is 18.6. The molecule has 0 saturated carbocycles. The molecular weight excluding hydrogens is 434 g/mol. The predicted octanol–water partition coefficient (Wildman–Crippen LogP) is 6.14. The van der Waals surface area contributed by atoms with Gasteiger partial charge in [0, 0.05) is 6.54 Å². The van der Waals surface area contributed by atoms with Gasteiger partial charge in [-0.2, -0.15) is 0 Å². The number of hydrogen-bond donors (Lipinski definition) is 0. The van der Waals surface area contributed by atoms with Crippen LogP contribution < -0.4 is 9.47 Å². The molecule has 0 aromatic heterocycles. The molecule has 0 bridgehead atoms. The molecule has 3 aromatic rings. The number of benzene rings is 3. The van der Waals surface area contributed by atoms with Crippen LogP contribution in [0.1, 0.15) is 18.1 Å². The molecule has 1 aliphatic heterocycles. The second-order valence-corrected chi connectivity index (χ2v) is 8.33. The number of methoxy groups -OCH3 is 1. The van der Waals surface area contributed by atoms with E-state index in [9.17, 15) is 9.59 Å². The Morgan fingerprint density at radius 1 is 1.06 bits per heavy atom. The van der Waals surface area contributed by atoms with E-state index in [-0.39, 0.29) is 11.1 Å². The van der Waals surface area contributed by atoms with Crippen LogP contribution >= 0.6 is 23.4 Å². The first-order valence-corrected chi connectivity index (χ1v) is 10.9. The van der Waals surface area contributed by atoms with Crippen molar-refractivity contribution in [3.63, 3.8) is 0 Å². The molecule has 2 amide bonds. The Bertz CT molecular complexity index is 1210. The summed E-state index contributed by atoms with van der Waals surface area (Å²) in [6.45, 7) is 2.43. The topological polar surface area (TPSA) is 55.8 Å². The third-order valence-corrected chi connectivity index (χ3v) is 6.12. The highest BCUT2D eigenvalue weighted by molar-refractivity contribution is 8.18. The lowest BCUT2D eigenvalue weighted by Crippen LogP contribution is -2.27. The number of imide groups is 1. The largest absolute Gasteiger partial charge is 0.493 e. The highest BCUT2D eigenvalue weighted by Gasteiger charge is 2.33. The summed E-state index contributed by atoms with van der Waals surface area (Å²) in [4.78, 5) is 25.8. The summed E-state index contributed by atoms with van der Waals surface area (Å²) in [5.74, 6) is 0.578. The van der Waals surface area contributed by atoms with Crippen LogP contribution in [0.2, 0.25) is 5.02 Å². The van der Waals surface area contributed by atoms with Gasteiger partial charge in [0.2, 0.25) is 0 Å². The minimum absolute atomic E-state index is 0.271. The fraction of sp³-hybridized carbons (Fsp3) is 0.167. The van der Waals surface area contributed by atoms with E-state index in [4.69, 9.17) is 21.1 Å². The SMILES string of the molecule is CCN1C(=O)S/C(=C/c2cc(Cl)c(OCc3ccc4ccccc4c3)c(OC)c2)C1=O. The maximum absolute atomic E-state index is 12.3. The molecule has 0 atom stereocenters. The van der Waals surface area contributed by atoms with E-state index in [0.29, 0.717) is 40.1 Å². The van der Waals surface area contributed by atoms with Gasteiger partial charge in [-0.05, 0) is 64.9 Å². The fourth-order valence-electron chi connectivity index (χ4n) is 3.37. The molecule has 5 nitrogen and oxygen atoms in total. The van der Waals surface area contributed by atoms with Gasteiger partial charge in [-0.1, -0.05) is 48.0 Å². The van der Waals surface area contributed by atoms with Crippen molar-refractivity contribution in [2.45, 2.75) is 13.5 Å². The first kappa shape index (κ1) is 21.3. The van der Waals surface area contributed by atoms with Crippen LogP contribution in [0.25, 0.3) is 16.8 Å². The van der Waals surface area contributed by atoms with Gasteiger partial charge in [0.1, 0.15) is 6.61 Å². The number of thioether (sulfide) groups is 1. The van der Waals surface area contributed by atoms with Crippen LogP contribution in [0, 0.1) is 0 Å². The van der Waals surface area contributed by atoms with Gasteiger partial charge in [-0.15, -0.1) is 0 Å². The number of ether oxygens (including phenoxy) is 2. The summed E-state index contributed by atoms with van der Waals surface area (Å²) in [7, 11) is 1.53. The number of carbonyl (C=O) groups excluding carboxylic acids is 2. The molecule has 0 spiro atoms. The molecule has 0 unspecified atom stereocenters. The lowest BCUT2D eigenvalue weighted by atomic mass is 10.1. The minimum Gasteiger partial charge on any atom is -0.493 e. The number of fused-ring (bicyclic) bond motifs is 1. The molecule has 0 N–H and O–H groups in total. The molecule has 3 aromatic carbocycles. The quantitative estimate of drug-likeness (QED) is 0.420. The van der Waals surface area contributed by atoms with Crippen molar-refractivity contribution in [1.82, 2.24) is 4.90 Å². The van der Waals surface area contributed by atoms with E-state index in [2.05, 4.69) is 24.3 Å². The van der Waals surface area contributed by atoms with Gasteiger partial charge >= 0.3 is 0 Å². The summed E-state index contributed by atoms with van der Waals surface area (Å²) in [6, 6.07) is 17.7. The van der Waals surface area contributed by atoms with E-state index in [1.807, 2.05) is 18.2 Å². The Balaban J connectivity index is 1.57. The summed E-state index contributed by atoms with van der Waals surface area (Å²) in [5, 5.41) is 2.39. The van der Waals surface area contributed by atoms with Gasteiger partial charge < -0.3 is 9.47 Å². The lowest BCUT2D eigenvalue weighted by Gasteiger charge is -2.14. The predicted molar refractivity (Wildman–Crippen MR) is 125 cm³/mol. The van der Waals surface area contributed by atoms with Crippen LogP contribution in [0.15, 0.2) is 59.5 Å². The molecule has 1 fully saturated rings. The molecule has 31 heavy (non-hydrogen) atoms. The Morgan fingerprint density at radius 3 is 2.55 bits per heavy atom. The maximum Gasteiger partial charge on any atom is 0.293 e. The molecule has 1 heterocycles. The number of amides is 2. The summed E-state index contributed by atoms with van der Waals surface area (Å²) < 4.78 is 11.5. The summed E-state index contributed by atoms with van der Waals surface area (Å²) in [6.07, 6.45) is 1.64. The van der Waals surface area contributed by atoms with Crippen molar-refractivity contribution < 1.29 is 19.1 Å². The monoisotopic (exact) mass is 453 g/mol. The molecule has 4 rings (SSSR count). The van der Waals surface area contributed by atoms with E-state index < -0.39 is 0 Å². The average Bonchev–Trinajstić information content (AvgIpc) is 3.04. The summed E-state index contributed by atoms with van der Waals surface area (Å²) >= 11 is 7.39. The van der Waals surface area contributed by atoms with Gasteiger partial charge in [0.25, 0.3) is 11.1 Å². The van der Waals surface area contributed by atoms with Crippen LogP contribution in [-0.2, 0) is 11.4 Å². The molecular formula is C24H20ClNO4S. The second-order valence-electron chi connectivity index (χ2n) is 6.93. The number of carbonyl (C=O) groups is 2. The van der Waals surface area contributed by atoms with Crippen molar-refractivity contribution in [1.29, 1.82) is 0 Å². The van der Waals surface area contributed by atoms with E-state index in [0.717, 1.165) is 22.7 Å². The minimum atomic E-state index is -0.302. The molecule has 0 radical (unpaired) electrons. The van der Waals surface area contributed by atoms with Crippen LogP contribution in [-0.4, -0.2) is 29.7 Å². The van der Waals surface area contributed by atoms with Crippen LogP contribution in [0.5, 0.6) is 11.5 Å². The van der Waals surface area contributed by atoms with E-state index >= 15 is 0 Å². The molecule has 7 heteroatoms. The Hall–Kier alpha value is -2.96. The first-order chi connectivity index (χ1) is 15.0. The lowest BCUT2D eigenvalue weighted by molar-refractivity contribution is -0.122. The normalized spacial score (nSPS) is 15.2. The van der Waals surface area contributed by atoms with E-state index in [1.54, 1.807) is 25.1 Å². The van der Waals surface area contributed by atoms with Crippen LogP contribution in [0.4, 0.5) is 4.79 Å². The highest BCUT2D eigenvalue weighted by Crippen LogP contribution is 2.39. The number of hydrogen-bond acceptors (Lipinski definition) is 5. The van der Waals surface area contributed by atoms with Gasteiger partial charge in [0.15, 0.2) is 11.5 Å². The molecule has 1 saturated heterocycles. The zero-order valence-electron chi connectivity index (χ0n) is 17.1. The Morgan fingerprint density at radius 2 is 1.84 bits per heavy atom. The fourth-order valence-corrected chi connectivity index (χ4v) is 4.55. The first-order valence-electron chi connectivity index (χ1n) is 9.73. The van der Waals surface area contributed by atoms with Crippen molar-refractivity contribution >= 4 is 51.4 Å². The average molecular weight is 454 g/mol. The number of halogens is 1. The van der Waals surface area contributed by atoms with Crippen LogP contribution in [0.3, 0.4) is 0 Å². The van der Waals surface area contributed by atoms with Crippen molar-refractivity contribution in [2.75, 3.05) is 13.7 Å². The molecule has 0 aliphatic carbocycles. The standard InChI is InChI=1S/C24H20ClNO4S/c1-3-26-23(27)21(31-24(26)28)13-16-11-19(25)22(20(12-16)29-2)30-14-15-8-9-17-6-4-5-7-18(17)10-15/h4-13H,3,14H2,1-2H3/b21-13+. The Kier molecular flexibility index (Phi) is 6.20. The van der Waals surface area contributed by atoms with Gasteiger partial charge in [-0.25, -0.2) is 0 Å². The summed E-state index contributed by atoms with van der Waals surface area (Å²) in [5.41, 5.74) is 1.66. The third-order valence-electron chi connectivity index (χ3n) is 4.94. The third kappa shape index (κ3) is 4.40. The maximum atomic E-state index is 12.3. The Labute approximate surface area is 189 Å². The van der Waals surface area contributed by atoms with Crippen molar-refractivity contribution in [3.8, 4) is 11.5 Å².